The molecule has 0 radical (unpaired) electrons. The van der Waals surface area contributed by atoms with Gasteiger partial charge in [-0.3, -0.25) is 13.9 Å². The van der Waals surface area contributed by atoms with Gasteiger partial charge in [-0.25, -0.2) is 8.42 Å². The van der Waals surface area contributed by atoms with Crippen molar-refractivity contribution in [2.24, 2.45) is 0 Å². The Balaban J connectivity index is 2.15. The minimum absolute atomic E-state index is 0.154. The summed E-state index contributed by atoms with van der Waals surface area (Å²) in [6.07, 6.45) is -4.10. The Labute approximate surface area is 259 Å². The monoisotopic (exact) mass is 657 g/mol. The summed E-state index contributed by atoms with van der Waals surface area (Å²) in [5.41, 5.74) is -1.20. The lowest BCUT2D eigenvalue weighted by Crippen LogP contribution is -2.53. The number of rotatable bonds is 12. The summed E-state index contributed by atoms with van der Waals surface area (Å²) in [6.45, 7) is 4.32. The Kier molecular flexibility index (Phi) is 11.5. The molecule has 2 atom stereocenters. The highest BCUT2D eigenvalue weighted by molar-refractivity contribution is 7.92. The molecule has 0 spiro atoms. The topological polar surface area (TPSA) is 86.8 Å². The van der Waals surface area contributed by atoms with Crippen LogP contribution in [0.5, 0.6) is 0 Å². The molecule has 3 rings (SSSR count). The van der Waals surface area contributed by atoms with Gasteiger partial charge in [0.2, 0.25) is 11.8 Å². The maximum absolute atomic E-state index is 14.1. The number of alkyl halides is 3. The SMILES string of the molecule is CC[C@@H](C)NC(=O)[C@@H](CC)N(Cc1ccccc1Cl)C(=O)CN(c1ccc(Cl)c(C(F)(F)F)c1)S(=O)(=O)c1ccccc1. The molecule has 0 saturated heterocycles. The van der Waals surface area contributed by atoms with Crippen LogP contribution in [0.1, 0.15) is 44.7 Å². The molecule has 0 aliphatic heterocycles. The third-order valence-electron chi connectivity index (χ3n) is 6.84. The Hall–Kier alpha value is -3.28. The molecule has 0 aliphatic carbocycles. The summed E-state index contributed by atoms with van der Waals surface area (Å²) in [4.78, 5) is 28.4. The molecule has 13 heteroatoms. The third-order valence-corrected chi connectivity index (χ3v) is 9.33. The average molecular weight is 659 g/mol. The number of hydrogen-bond donors (Lipinski definition) is 1. The quantitative estimate of drug-likeness (QED) is 0.229. The Bertz CT molecular complexity index is 1540. The first kappa shape index (κ1) is 34.2. The van der Waals surface area contributed by atoms with Crippen molar-refractivity contribution >= 4 is 50.7 Å². The largest absolute Gasteiger partial charge is 0.417 e. The second-order valence-electron chi connectivity index (χ2n) is 9.84. The number of carbonyl (C=O) groups excluding carboxylic acids is 2. The van der Waals surface area contributed by atoms with Crippen LogP contribution in [0.2, 0.25) is 10.0 Å². The highest BCUT2D eigenvalue weighted by Gasteiger charge is 2.37. The molecule has 0 aromatic heterocycles. The van der Waals surface area contributed by atoms with E-state index >= 15 is 0 Å². The number of carbonyl (C=O) groups is 2. The summed E-state index contributed by atoms with van der Waals surface area (Å²) in [5, 5.41) is 2.54. The highest BCUT2D eigenvalue weighted by atomic mass is 35.5. The van der Waals surface area contributed by atoms with E-state index in [9.17, 15) is 31.2 Å². The summed E-state index contributed by atoms with van der Waals surface area (Å²) in [5.74, 6) is -1.28. The second kappa shape index (κ2) is 14.5. The fourth-order valence-electron chi connectivity index (χ4n) is 4.30. The molecule has 0 saturated carbocycles. The fourth-order valence-corrected chi connectivity index (χ4v) is 6.15. The van der Waals surface area contributed by atoms with Crippen molar-refractivity contribution in [2.75, 3.05) is 10.8 Å². The van der Waals surface area contributed by atoms with E-state index in [1.165, 1.54) is 29.2 Å². The zero-order chi connectivity index (χ0) is 31.9. The normalized spacial score (nSPS) is 13.2. The van der Waals surface area contributed by atoms with Crippen molar-refractivity contribution in [1.82, 2.24) is 10.2 Å². The molecule has 0 heterocycles. The molecule has 0 fully saturated rings. The van der Waals surface area contributed by atoms with Gasteiger partial charge in [-0.05, 0) is 61.7 Å². The molecule has 0 aliphatic rings. The van der Waals surface area contributed by atoms with Crippen LogP contribution < -0.4 is 9.62 Å². The van der Waals surface area contributed by atoms with Crippen molar-refractivity contribution in [2.45, 2.75) is 63.3 Å². The number of benzene rings is 3. The number of hydrogen-bond acceptors (Lipinski definition) is 4. The van der Waals surface area contributed by atoms with Crippen LogP contribution in [-0.2, 0) is 32.3 Å². The number of nitrogens with one attached hydrogen (secondary N) is 1. The second-order valence-corrected chi connectivity index (χ2v) is 12.5. The van der Waals surface area contributed by atoms with Crippen LogP contribution in [-0.4, -0.2) is 43.8 Å². The molecular formula is C30H32Cl2F3N3O4S. The van der Waals surface area contributed by atoms with Crippen LogP contribution in [0.15, 0.2) is 77.7 Å². The number of halogens is 5. The van der Waals surface area contributed by atoms with Crippen LogP contribution in [0, 0.1) is 0 Å². The van der Waals surface area contributed by atoms with Gasteiger partial charge in [-0.1, -0.05) is 73.4 Å². The van der Waals surface area contributed by atoms with E-state index in [1.54, 1.807) is 44.2 Å². The smallest absolute Gasteiger partial charge is 0.352 e. The molecule has 0 unspecified atom stereocenters. The molecule has 2 amide bonds. The van der Waals surface area contributed by atoms with E-state index in [1.807, 2.05) is 6.92 Å². The lowest BCUT2D eigenvalue weighted by atomic mass is 10.1. The summed E-state index contributed by atoms with van der Waals surface area (Å²) in [7, 11) is -4.57. The average Bonchev–Trinajstić information content (AvgIpc) is 2.96. The van der Waals surface area contributed by atoms with E-state index in [-0.39, 0.29) is 23.9 Å². The van der Waals surface area contributed by atoms with E-state index in [0.29, 0.717) is 27.4 Å². The first-order valence-corrected chi connectivity index (χ1v) is 15.7. The van der Waals surface area contributed by atoms with Gasteiger partial charge in [0.25, 0.3) is 10.0 Å². The van der Waals surface area contributed by atoms with Crippen LogP contribution in [0.3, 0.4) is 0 Å². The van der Waals surface area contributed by atoms with Crippen LogP contribution in [0.25, 0.3) is 0 Å². The molecule has 3 aromatic rings. The predicted octanol–water partition coefficient (Wildman–Crippen LogP) is 6.93. The molecule has 7 nitrogen and oxygen atoms in total. The zero-order valence-corrected chi connectivity index (χ0v) is 26.1. The van der Waals surface area contributed by atoms with Gasteiger partial charge >= 0.3 is 6.18 Å². The molecule has 43 heavy (non-hydrogen) atoms. The third kappa shape index (κ3) is 8.43. The predicted molar refractivity (Wildman–Crippen MR) is 161 cm³/mol. The summed E-state index contributed by atoms with van der Waals surface area (Å²) in [6, 6.07) is 15.0. The van der Waals surface area contributed by atoms with Crippen molar-refractivity contribution < 1.29 is 31.2 Å². The van der Waals surface area contributed by atoms with Gasteiger partial charge in [0, 0.05) is 17.6 Å². The summed E-state index contributed by atoms with van der Waals surface area (Å²) < 4.78 is 69.6. The Morgan fingerprint density at radius 2 is 1.53 bits per heavy atom. The minimum atomic E-state index is -4.89. The lowest BCUT2D eigenvalue weighted by Gasteiger charge is -2.34. The molecule has 232 valence electrons. The van der Waals surface area contributed by atoms with Crippen molar-refractivity contribution in [3.8, 4) is 0 Å². The van der Waals surface area contributed by atoms with Crippen LogP contribution in [0.4, 0.5) is 18.9 Å². The number of sulfonamides is 1. The summed E-state index contributed by atoms with van der Waals surface area (Å²) >= 11 is 12.2. The van der Waals surface area contributed by atoms with Gasteiger partial charge in [0.05, 0.1) is 21.2 Å². The van der Waals surface area contributed by atoms with Gasteiger partial charge in [-0.15, -0.1) is 0 Å². The first-order valence-electron chi connectivity index (χ1n) is 13.5. The number of amides is 2. The van der Waals surface area contributed by atoms with Gasteiger partial charge in [0.15, 0.2) is 0 Å². The number of anilines is 1. The maximum atomic E-state index is 14.1. The first-order chi connectivity index (χ1) is 20.2. The Morgan fingerprint density at radius 1 is 0.907 bits per heavy atom. The molecule has 0 bridgehead atoms. The van der Waals surface area contributed by atoms with Crippen molar-refractivity contribution in [1.29, 1.82) is 0 Å². The standard InChI is InChI=1S/C30H32Cl2F3N3O4S/c1-4-20(3)36-29(40)27(5-2)37(18-21-11-9-10-14-25(21)31)28(39)19-38(43(41,42)23-12-7-6-8-13-23)22-15-16-26(32)24(17-22)30(33,34)35/h6-17,20,27H,4-5,18-19H2,1-3H3,(H,36,40)/t20-,27-/m1/s1. The van der Waals surface area contributed by atoms with Crippen molar-refractivity contribution in [3.05, 3.63) is 94.0 Å². The van der Waals surface area contributed by atoms with Gasteiger partial charge in [-0.2, -0.15) is 13.2 Å². The fraction of sp³-hybridized carbons (Fsp3) is 0.333. The van der Waals surface area contributed by atoms with Gasteiger partial charge < -0.3 is 10.2 Å². The van der Waals surface area contributed by atoms with E-state index in [2.05, 4.69) is 5.32 Å². The van der Waals surface area contributed by atoms with Crippen LogP contribution >= 0.6 is 23.2 Å². The zero-order valence-electron chi connectivity index (χ0n) is 23.7. The van der Waals surface area contributed by atoms with Crippen molar-refractivity contribution in [3.63, 3.8) is 0 Å². The molecular weight excluding hydrogens is 626 g/mol. The number of nitrogens with zero attached hydrogens (tertiary/aromatic N) is 2. The molecule has 1 N–H and O–H groups in total. The van der Waals surface area contributed by atoms with E-state index in [4.69, 9.17) is 23.2 Å². The maximum Gasteiger partial charge on any atom is 0.417 e. The highest BCUT2D eigenvalue weighted by Crippen LogP contribution is 2.38. The Morgan fingerprint density at radius 3 is 2.12 bits per heavy atom. The van der Waals surface area contributed by atoms with Gasteiger partial charge in [0.1, 0.15) is 12.6 Å². The minimum Gasteiger partial charge on any atom is -0.352 e. The lowest BCUT2D eigenvalue weighted by molar-refractivity contribution is -0.140. The molecule has 3 aromatic carbocycles. The van der Waals surface area contributed by atoms with E-state index in [0.717, 1.165) is 12.1 Å². The van der Waals surface area contributed by atoms with E-state index < -0.39 is 56.9 Å².